The normalized spacial score (nSPS) is 11.0. The molecule has 1 amide bonds. The van der Waals surface area contributed by atoms with Gasteiger partial charge in [0.25, 0.3) is 0 Å². The van der Waals surface area contributed by atoms with Gasteiger partial charge in [-0.15, -0.1) is 11.8 Å². The van der Waals surface area contributed by atoms with Gasteiger partial charge < -0.3 is 10.4 Å². The molecule has 2 rings (SSSR count). The molecule has 0 fully saturated rings. The number of anilines is 1. The molecule has 0 aromatic heterocycles. The number of benzene rings is 2. The van der Waals surface area contributed by atoms with Crippen LogP contribution in [-0.2, 0) is 16.0 Å². The maximum Gasteiger partial charge on any atom is 0.303 e. The highest BCUT2D eigenvalue weighted by Gasteiger charge is 2.06. The first-order valence-corrected chi connectivity index (χ1v) is 11.5. The van der Waals surface area contributed by atoms with Crippen LogP contribution >= 0.6 is 11.8 Å². The summed E-state index contributed by atoms with van der Waals surface area (Å²) in [7, 11) is 0. The second kappa shape index (κ2) is 12.9. The minimum atomic E-state index is -0.786. The Morgan fingerprint density at radius 3 is 2.63 bits per heavy atom. The van der Waals surface area contributed by atoms with E-state index in [1.165, 1.54) is 30.4 Å². The van der Waals surface area contributed by atoms with Crippen LogP contribution in [0.3, 0.4) is 0 Å². The van der Waals surface area contributed by atoms with Gasteiger partial charge in [-0.25, -0.2) is 0 Å². The van der Waals surface area contributed by atoms with Crippen molar-refractivity contribution in [3.05, 3.63) is 65.2 Å². The first-order chi connectivity index (χ1) is 14.5. The molecule has 4 nitrogen and oxygen atoms in total. The Labute approximate surface area is 183 Å². The van der Waals surface area contributed by atoms with Gasteiger partial charge in [0, 0.05) is 17.4 Å². The molecular formula is C25H31NO3S. The second-order valence-electron chi connectivity index (χ2n) is 7.31. The lowest BCUT2D eigenvalue weighted by molar-refractivity contribution is -0.137. The number of unbranched alkanes of at least 4 members (excludes halogenated alkanes) is 2. The van der Waals surface area contributed by atoms with Crippen LogP contribution < -0.4 is 5.32 Å². The highest BCUT2D eigenvalue weighted by Crippen LogP contribution is 2.27. The predicted octanol–water partition coefficient (Wildman–Crippen LogP) is 6.34. The first kappa shape index (κ1) is 23.7. The molecule has 0 saturated carbocycles. The van der Waals surface area contributed by atoms with E-state index in [9.17, 15) is 9.59 Å². The largest absolute Gasteiger partial charge is 0.481 e. The van der Waals surface area contributed by atoms with Gasteiger partial charge in [0.2, 0.25) is 5.91 Å². The summed E-state index contributed by atoms with van der Waals surface area (Å²) in [5.74, 6) is -0.274. The zero-order valence-corrected chi connectivity index (χ0v) is 18.6. The third-order valence-electron chi connectivity index (χ3n) is 4.78. The highest BCUT2D eigenvalue weighted by molar-refractivity contribution is 7.99. The Balaban J connectivity index is 1.93. The van der Waals surface area contributed by atoms with E-state index >= 15 is 0 Å². The van der Waals surface area contributed by atoms with Crippen LogP contribution in [0.5, 0.6) is 0 Å². The van der Waals surface area contributed by atoms with Crippen LogP contribution in [0.2, 0.25) is 0 Å². The Morgan fingerprint density at radius 1 is 1.10 bits per heavy atom. The number of rotatable bonds is 12. The molecule has 2 aromatic rings. The molecule has 5 heteroatoms. The van der Waals surface area contributed by atoms with Crippen molar-refractivity contribution < 1.29 is 14.7 Å². The molecule has 0 heterocycles. The van der Waals surface area contributed by atoms with Crippen LogP contribution in [0.1, 0.15) is 55.7 Å². The molecule has 30 heavy (non-hydrogen) atoms. The van der Waals surface area contributed by atoms with Crippen molar-refractivity contribution in [2.45, 2.75) is 57.3 Å². The zero-order chi connectivity index (χ0) is 21.8. The van der Waals surface area contributed by atoms with E-state index in [0.717, 1.165) is 22.6 Å². The number of para-hydroxylation sites is 1. The number of carbonyl (C=O) groups excluding carboxylic acids is 1. The molecule has 2 aromatic carbocycles. The van der Waals surface area contributed by atoms with Gasteiger partial charge in [0.05, 0.1) is 5.69 Å². The van der Waals surface area contributed by atoms with Gasteiger partial charge in [-0.3, -0.25) is 9.59 Å². The van der Waals surface area contributed by atoms with E-state index in [-0.39, 0.29) is 12.3 Å². The van der Waals surface area contributed by atoms with Gasteiger partial charge in [-0.05, 0) is 66.8 Å². The Morgan fingerprint density at radius 2 is 1.90 bits per heavy atom. The standard InChI is InChI=1S/C25H31NO3S/c1-3-4-5-9-21-15-13-20(18-19(21)2)14-16-24(27)26-22-10-6-7-11-23(22)30-17-8-12-25(28)29/h6-7,10-11,13-16,18H,3-5,8-9,12,17H2,1-2H3,(H,26,27)(H,28,29). The van der Waals surface area contributed by atoms with Crippen molar-refractivity contribution in [1.82, 2.24) is 0 Å². The molecule has 0 aliphatic heterocycles. The van der Waals surface area contributed by atoms with Gasteiger partial charge in [-0.2, -0.15) is 0 Å². The van der Waals surface area contributed by atoms with E-state index in [1.54, 1.807) is 17.8 Å². The lowest BCUT2D eigenvalue weighted by Crippen LogP contribution is -2.08. The molecule has 0 radical (unpaired) electrons. The lowest BCUT2D eigenvalue weighted by Gasteiger charge is -2.09. The fourth-order valence-corrected chi connectivity index (χ4v) is 4.07. The summed E-state index contributed by atoms with van der Waals surface area (Å²) in [6.45, 7) is 4.33. The molecule has 160 valence electrons. The van der Waals surface area contributed by atoms with Crippen LogP contribution in [0, 0.1) is 6.92 Å². The van der Waals surface area contributed by atoms with Crippen LogP contribution in [0.15, 0.2) is 53.4 Å². The topological polar surface area (TPSA) is 66.4 Å². The third-order valence-corrected chi connectivity index (χ3v) is 5.94. The Kier molecular flexibility index (Phi) is 10.2. The number of aryl methyl sites for hydroxylation is 2. The number of carboxylic acid groups (broad SMARTS) is 1. The molecule has 0 unspecified atom stereocenters. The molecule has 0 saturated heterocycles. The Bertz CT molecular complexity index is 876. The van der Waals surface area contributed by atoms with Crippen molar-refractivity contribution >= 4 is 35.4 Å². The quantitative estimate of drug-likeness (QED) is 0.237. The number of hydrogen-bond acceptors (Lipinski definition) is 3. The average molecular weight is 426 g/mol. The first-order valence-electron chi connectivity index (χ1n) is 10.5. The zero-order valence-electron chi connectivity index (χ0n) is 17.8. The van der Waals surface area contributed by atoms with Gasteiger partial charge in [0.1, 0.15) is 0 Å². The molecule has 2 N–H and O–H groups in total. The van der Waals surface area contributed by atoms with E-state index < -0.39 is 5.97 Å². The van der Waals surface area contributed by atoms with E-state index in [0.29, 0.717) is 12.2 Å². The summed E-state index contributed by atoms with van der Waals surface area (Å²) in [6.07, 6.45) is 8.92. The summed E-state index contributed by atoms with van der Waals surface area (Å²) in [5, 5.41) is 11.7. The summed E-state index contributed by atoms with van der Waals surface area (Å²) in [4.78, 5) is 24.0. The fraction of sp³-hybridized carbons (Fsp3) is 0.360. The summed E-state index contributed by atoms with van der Waals surface area (Å²) < 4.78 is 0. The van der Waals surface area contributed by atoms with E-state index in [4.69, 9.17) is 5.11 Å². The monoisotopic (exact) mass is 425 g/mol. The fourth-order valence-electron chi connectivity index (χ4n) is 3.12. The van der Waals surface area contributed by atoms with Crippen molar-refractivity contribution in [2.24, 2.45) is 0 Å². The minimum Gasteiger partial charge on any atom is -0.481 e. The molecule has 0 aliphatic carbocycles. The summed E-state index contributed by atoms with van der Waals surface area (Å²) >= 11 is 1.55. The lowest BCUT2D eigenvalue weighted by atomic mass is 10.00. The average Bonchev–Trinajstić information content (AvgIpc) is 2.72. The highest BCUT2D eigenvalue weighted by atomic mass is 32.2. The number of nitrogens with one attached hydrogen (secondary N) is 1. The van der Waals surface area contributed by atoms with E-state index in [1.807, 2.05) is 30.3 Å². The van der Waals surface area contributed by atoms with E-state index in [2.05, 4.69) is 37.4 Å². The SMILES string of the molecule is CCCCCc1ccc(C=CC(=O)Nc2ccccc2SCCCC(=O)O)cc1C. The van der Waals surface area contributed by atoms with Gasteiger partial charge in [-0.1, -0.05) is 50.1 Å². The minimum absolute atomic E-state index is 0.154. The molecule has 0 spiro atoms. The molecule has 0 bridgehead atoms. The van der Waals surface area contributed by atoms with Crippen molar-refractivity contribution in [3.63, 3.8) is 0 Å². The number of aliphatic carboxylic acids is 1. The van der Waals surface area contributed by atoms with Crippen molar-refractivity contribution in [2.75, 3.05) is 11.1 Å². The number of hydrogen-bond donors (Lipinski definition) is 2. The Hall–Kier alpha value is -2.53. The number of thioether (sulfide) groups is 1. The maximum atomic E-state index is 12.4. The number of carboxylic acids is 1. The van der Waals surface area contributed by atoms with Gasteiger partial charge >= 0.3 is 5.97 Å². The molecule has 0 atom stereocenters. The summed E-state index contributed by atoms with van der Waals surface area (Å²) in [5.41, 5.74) is 4.39. The molecule has 0 aliphatic rings. The third kappa shape index (κ3) is 8.46. The van der Waals surface area contributed by atoms with Crippen LogP contribution in [-0.4, -0.2) is 22.7 Å². The smallest absolute Gasteiger partial charge is 0.303 e. The number of amides is 1. The second-order valence-corrected chi connectivity index (χ2v) is 8.44. The predicted molar refractivity (Wildman–Crippen MR) is 126 cm³/mol. The molecular weight excluding hydrogens is 394 g/mol. The number of carbonyl (C=O) groups is 2. The summed E-state index contributed by atoms with van der Waals surface area (Å²) in [6, 6.07) is 13.9. The van der Waals surface area contributed by atoms with Crippen molar-refractivity contribution in [1.29, 1.82) is 0 Å². The maximum absolute atomic E-state index is 12.4. The van der Waals surface area contributed by atoms with Crippen LogP contribution in [0.25, 0.3) is 6.08 Å². The van der Waals surface area contributed by atoms with Crippen LogP contribution in [0.4, 0.5) is 5.69 Å². The van der Waals surface area contributed by atoms with Crippen molar-refractivity contribution in [3.8, 4) is 0 Å². The van der Waals surface area contributed by atoms with Gasteiger partial charge in [0.15, 0.2) is 0 Å².